The summed E-state index contributed by atoms with van der Waals surface area (Å²) >= 11 is 0. The first-order valence-corrected chi connectivity index (χ1v) is 5.99. The lowest BCUT2D eigenvalue weighted by Gasteiger charge is -2.16. The molecule has 0 heterocycles. The summed E-state index contributed by atoms with van der Waals surface area (Å²) in [4.78, 5) is 0. The highest BCUT2D eigenvalue weighted by atomic mass is 32.2. The number of rotatable bonds is 5. The van der Waals surface area contributed by atoms with Gasteiger partial charge in [-0.15, -0.1) is 0 Å². The number of hydrogen-bond acceptors (Lipinski definition) is 3. The van der Waals surface area contributed by atoms with E-state index in [0.717, 1.165) is 12.1 Å². The van der Waals surface area contributed by atoms with E-state index in [1.807, 2.05) is 13.8 Å². The van der Waals surface area contributed by atoms with Crippen molar-refractivity contribution < 1.29 is 8.42 Å². The maximum atomic E-state index is 10.9. The van der Waals surface area contributed by atoms with E-state index in [2.05, 4.69) is 11.9 Å². The summed E-state index contributed by atoms with van der Waals surface area (Å²) in [5.74, 6) is 0.135. The quantitative estimate of drug-likeness (QED) is 0.647. The summed E-state index contributed by atoms with van der Waals surface area (Å²) in [6.07, 6.45) is 1.24. The Morgan fingerprint density at radius 3 is 2.33 bits per heavy atom. The van der Waals surface area contributed by atoms with Crippen molar-refractivity contribution in [1.82, 2.24) is 5.32 Å². The van der Waals surface area contributed by atoms with Gasteiger partial charge in [0.05, 0.1) is 5.75 Å². The fraction of sp³-hybridized carbons (Fsp3) is 0.750. The first-order valence-electron chi connectivity index (χ1n) is 3.93. The Kier molecular flexibility index (Phi) is 4.49. The molecule has 0 aromatic rings. The number of nitrogens with one attached hydrogen (secondary N) is 1. The molecule has 0 aliphatic carbocycles. The number of hydrogen-bond donors (Lipinski definition) is 1. The molecule has 0 aromatic carbocycles. The van der Waals surface area contributed by atoms with E-state index in [1.54, 1.807) is 0 Å². The minimum absolute atomic E-state index is 0.106. The molecule has 0 saturated carbocycles. The van der Waals surface area contributed by atoms with Crippen LogP contribution in [0.4, 0.5) is 0 Å². The highest BCUT2D eigenvalue weighted by Gasteiger charge is 2.14. The lowest BCUT2D eigenvalue weighted by Crippen LogP contribution is -2.35. The number of likely N-dealkylation sites (N-methyl/N-ethyl adjacent to an activating group) is 1. The van der Waals surface area contributed by atoms with E-state index in [0.29, 0.717) is 0 Å². The van der Waals surface area contributed by atoms with Crippen LogP contribution < -0.4 is 5.32 Å². The third-order valence-electron chi connectivity index (χ3n) is 1.51. The van der Waals surface area contributed by atoms with Crippen LogP contribution in [0.5, 0.6) is 0 Å². The molecule has 72 valence electrons. The van der Waals surface area contributed by atoms with E-state index in [1.165, 1.54) is 6.26 Å². The lowest BCUT2D eigenvalue weighted by atomic mass is 10.2. The van der Waals surface area contributed by atoms with Gasteiger partial charge in [-0.1, -0.05) is 19.1 Å². The fourth-order valence-electron chi connectivity index (χ4n) is 0.925. The zero-order valence-electron chi connectivity index (χ0n) is 7.92. The van der Waals surface area contributed by atoms with Crippen molar-refractivity contribution in [3.63, 3.8) is 0 Å². The average Bonchev–Trinajstić information content (AvgIpc) is 1.83. The van der Waals surface area contributed by atoms with Crippen LogP contribution in [0.3, 0.4) is 0 Å². The summed E-state index contributed by atoms with van der Waals surface area (Å²) in [6, 6.07) is -0.106. The second-order valence-electron chi connectivity index (χ2n) is 3.05. The summed E-state index contributed by atoms with van der Waals surface area (Å²) in [7, 11) is -2.91. The third kappa shape index (κ3) is 5.32. The van der Waals surface area contributed by atoms with Crippen molar-refractivity contribution in [3.8, 4) is 0 Å². The molecule has 0 bridgehead atoms. The maximum absolute atomic E-state index is 10.9. The van der Waals surface area contributed by atoms with Crippen molar-refractivity contribution in [2.75, 3.05) is 18.6 Å². The van der Waals surface area contributed by atoms with Crippen molar-refractivity contribution >= 4 is 9.84 Å². The topological polar surface area (TPSA) is 46.2 Å². The van der Waals surface area contributed by atoms with Crippen molar-refractivity contribution in [2.24, 2.45) is 0 Å². The van der Waals surface area contributed by atoms with E-state index < -0.39 is 9.84 Å². The van der Waals surface area contributed by atoms with Gasteiger partial charge in [0, 0.05) is 12.3 Å². The predicted molar refractivity (Wildman–Crippen MR) is 52.0 cm³/mol. The highest BCUT2D eigenvalue weighted by molar-refractivity contribution is 7.90. The van der Waals surface area contributed by atoms with Gasteiger partial charge < -0.3 is 5.32 Å². The SMILES string of the molecule is C=C(C)C(CS(C)(=O)=O)NCC. The van der Waals surface area contributed by atoms with E-state index in [9.17, 15) is 8.42 Å². The molecule has 0 saturated heterocycles. The molecule has 0 rings (SSSR count). The van der Waals surface area contributed by atoms with Gasteiger partial charge in [0.25, 0.3) is 0 Å². The van der Waals surface area contributed by atoms with Crippen LogP contribution in [0.25, 0.3) is 0 Å². The minimum Gasteiger partial charge on any atom is -0.310 e. The molecular weight excluding hydrogens is 174 g/mol. The zero-order chi connectivity index (χ0) is 9.78. The van der Waals surface area contributed by atoms with Crippen LogP contribution >= 0.6 is 0 Å². The van der Waals surface area contributed by atoms with Gasteiger partial charge in [-0.2, -0.15) is 0 Å². The number of sulfone groups is 1. The van der Waals surface area contributed by atoms with Crippen LogP contribution in [-0.4, -0.2) is 33.0 Å². The van der Waals surface area contributed by atoms with Crippen LogP contribution in [0, 0.1) is 0 Å². The van der Waals surface area contributed by atoms with Crippen molar-refractivity contribution in [1.29, 1.82) is 0 Å². The molecule has 1 unspecified atom stereocenters. The zero-order valence-corrected chi connectivity index (χ0v) is 8.74. The van der Waals surface area contributed by atoms with Gasteiger partial charge in [0.2, 0.25) is 0 Å². The third-order valence-corrected chi connectivity index (χ3v) is 2.45. The molecule has 0 amide bonds. The molecule has 0 spiro atoms. The summed E-state index contributed by atoms with van der Waals surface area (Å²) in [5.41, 5.74) is 0.863. The average molecular weight is 191 g/mol. The van der Waals surface area contributed by atoms with Crippen LogP contribution in [0.15, 0.2) is 12.2 Å². The van der Waals surface area contributed by atoms with Gasteiger partial charge in [-0.25, -0.2) is 8.42 Å². The van der Waals surface area contributed by atoms with Gasteiger partial charge >= 0.3 is 0 Å². The second-order valence-corrected chi connectivity index (χ2v) is 5.23. The maximum Gasteiger partial charge on any atom is 0.149 e. The van der Waals surface area contributed by atoms with E-state index in [4.69, 9.17) is 0 Å². The summed E-state index contributed by atoms with van der Waals surface area (Å²) in [6.45, 7) is 8.26. The molecular formula is C8H17NO2S. The minimum atomic E-state index is -2.91. The van der Waals surface area contributed by atoms with Crippen LogP contribution in [0.1, 0.15) is 13.8 Å². The first kappa shape index (κ1) is 11.6. The molecule has 12 heavy (non-hydrogen) atoms. The van der Waals surface area contributed by atoms with Gasteiger partial charge in [0.15, 0.2) is 0 Å². The smallest absolute Gasteiger partial charge is 0.149 e. The van der Waals surface area contributed by atoms with Crippen LogP contribution in [-0.2, 0) is 9.84 Å². The lowest BCUT2D eigenvalue weighted by molar-refractivity contribution is 0.579. The standard InChI is InChI=1S/C8H17NO2S/c1-5-9-8(7(2)3)6-12(4,10)11/h8-9H,2,5-6H2,1,3-4H3. The molecule has 4 heteroatoms. The monoisotopic (exact) mass is 191 g/mol. The normalized spacial score (nSPS) is 14.2. The Labute approximate surface area is 74.8 Å². The molecule has 3 nitrogen and oxygen atoms in total. The first-order chi connectivity index (χ1) is 5.37. The van der Waals surface area contributed by atoms with Gasteiger partial charge in [0.1, 0.15) is 9.84 Å². The predicted octanol–water partition coefficient (Wildman–Crippen LogP) is 0.585. The Balaban J connectivity index is 4.24. The summed E-state index contributed by atoms with van der Waals surface area (Å²) in [5, 5.41) is 3.06. The molecule has 0 fully saturated rings. The van der Waals surface area contributed by atoms with Crippen molar-refractivity contribution in [3.05, 3.63) is 12.2 Å². The molecule has 0 aromatic heterocycles. The Hall–Kier alpha value is -0.350. The Morgan fingerprint density at radius 2 is 2.08 bits per heavy atom. The van der Waals surface area contributed by atoms with Crippen LogP contribution in [0.2, 0.25) is 0 Å². The van der Waals surface area contributed by atoms with E-state index >= 15 is 0 Å². The molecule has 0 radical (unpaired) electrons. The van der Waals surface area contributed by atoms with Crippen molar-refractivity contribution in [2.45, 2.75) is 19.9 Å². The largest absolute Gasteiger partial charge is 0.310 e. The van der Waals surface area contributed by atoms with Gasteiger partial charge in [-0.3, -0.25) is 0 Å². The van der Waals surface area contributed by atoms with E-state index in [-0.39, 0.29) is 11.8 Å². The highest BCUT2D eigenvalue weighted by Crippen LogP contribution is 2.01. The Bertz CT molecular complexity index is 244. The summed E-state index contributed by atoms with van der Waals surface area (Å²) < 4.78 is 21.9. The second kappa shape index (κ2) is 4.62. The molecule has 0 aliphatic heterocycles. The molecule has 1 N–H and O–H groups in total. The molecule has 1 atom stereocenters. The fourth-order valence-corrected chi connectivity index (χ4v) is 1.93. The van der Waals surface area contributed by atoms with Gasteiger partial charge in [-0.05, 0) is 13.5 Å². The molecule has 0 aliphatic rings. The Morgan fingerprint density at radius 1 is 1.58 bits per heavy atom.